The van der Waals surface area contributed by atoms with Crippen LogP contribution in [0.3, 0.4) is 0 Å². The highest BCUT2D eigenvalue weighted by Crippen LogP contribution is 2.33. The van der Waals surface area contributed by atoms with E-state index in [0.29, 0.717) is 24.9 Å². The van der Waals surface area contributed by atoms with Crippen molar-refractivity contribution in [2.24, 2.45) is 0 Å². The number of nitrogens with one attached hydrogen (secondary N) is 1. The minimum absolute atomic E-state index is 0.107. The third-order valence-electron chi connectivity index (χ3n) is 4.40. The van der Waals surface area contributed by atoms with Crippen LogP contribution in [0.2, 0.25) is 0 Å². The van der Waals surface area contributed by atoms with Gasteiger partial charge in [0.2, 0.25) is 0 Å². The van der Waals surface area contributed by atoms with Gasteiger partial charge in [-0.2, -0.15) is 0 Å². The number of halogens is 1. The van der Waals surface area contributed by atoms with Gasteiger partial charge in [0.15, 0.2) is 0 Å². The van der Waals surface area contributed by atoms with Crippen molar-refractivity contribution < 1.29 is 9.50 Å². The molecule has 0 saturated heterocycles. The van der Waals surface area contributed by atoms with Gasteiger partial charge in [-0.25, -0.2) is 4.39 Å². The SMILES string of the molecule is [B]c1ccc([C@H](C)NCCC(O)(CC(=C)C)c2ccccc2F)cc1. The Hall–Kier alpha value is -1.91. The summed E-state index contributed by atoms with van der Waals surface area (Å²) in [6, 6.07) is 14.2. The van der Waals surface area contributed by atoms with Crippen LogP contribution in [-0.4, -0.2) is 19.5 Å². The van der Waals surface area contributed by atoms with Crippen LogP contribution in [0.1, 0.15) is 43.9 Å². The highest BCUT2D eigenvalue weighted by Gasteiger charge is 2.31. The van der Waals surface area contributed by atoms with Gasteiger partial charge in [-0.05, 0) is 38.4 Å². The van der Waals surface area contributed by atoms with Crippen molar-refractivity contribution in [3.63, 3.8) is 0 Å². The zero-order valence-corrected chi connectivity index (χ0v) is 14.9. The normalized spacial score (nSPS) is 14.7. The first kappa shape index (κ1) is 19.4. The molecule has 0 heterocycles. The zero-order valence-electron chi connectivity index (χ0n) is 14.9. The van der Waals surface area contributed by atoms with Gasteiger partial charge in [0.25, 0.3) is 0 Å². The Morgan fingerprint density at radius 2 is 1.88 bits per heavy atom. The van der Waals surface area contributed by atoms with E-state index < -0.39 is 11.4 Å². The molecule has 0 aliphatic rings. The molecule has 0 aliphatic heterocycles. The zero-order chi connectivity index (χ0) is 18.4. The maximum absolute atomic E-state index is 14.2. The van der Waals surface area contributed by atoms with Crippen LogP contribution >= 0.6 is 0 Å². The molecule has 0 amide bonds. The first-order valence-corrected chi connectivity index (χ1v) is 8.52. The van der Waals surface area contributed by atoms with Crippen molar-refractivity contribution in [3.8, 4) is 0 Å². The Kier molecular flexibility index (Phi) is 6.57. The third-order valence-corrected chi connectivity index (χ3v) is 4.40. The number of hydrogen-bond acceptors (Lipinski definition) is 2. The minimum Gasteiger partial charge on any atom is -0.385 e. The molecule has 2 radical (unpaired) electrons. The van der Waals surface area contributed by atoms with Gasteiger partial charge in [-0.1, -0.05) is 53.5 Å². The van der Waals surface area contributed by atoms with Gasteiger partial charge in [0.05, 0.1) is 5.60 Å². The molecule has 0 saturated carbocycles. The van der Waals surface area contributed by atoms with Crippen LogP contribution in [0.4, 0.5) is 4.39 Å². The lowest BCUT2D eigenvalue weighted by atomic mass is 9.84. The molecular weight excluding hydrogens is 312 g/mol. The molecule has 2 atom stereocenters. The molecule has 0 spiro atoms. The quantitative estimate of drug-likeness (QED) is 0.571. The van der Waals surface area contributed by atoms with E-state index in [9.17, 15) is 9.50 Å². The summed E-state index contributed by atoms with van der Waals surface area (Å²) in [5, 5.41) is 14.5. The van der Waals surface area contributed by atoms with Gasteiger partial charge >= 0.3 is 0 Å². The molecule has 0 bridgehead atoms. The Labute approximate surface area is 151 Å². The molecular formula is C21H25BFNO. The van der Waals surface area contributed by atoms with Crippen LogP contribution < -0.4 is 10.8 Å². The second-order valence-electron chi connectivity index (χ2n) is 6.74. The highest BCUT2D eigenvalue weighted by molar-refractivity contribution is 6.32. The topological polar surface area (TPSA) is 32.3 Å². The lowest BCUT2D eigenvalue weighted by molar-refractivity contribution is 0.0241. The van der Waals surface area contributed by atoms with Crippen molar-refractivity contribution in [1.29, 1.82) is 0 Å². The molecule has 130 valence electrons. The van der Waals surface area contributed by atoms with Crippen LogP contribution in [0.25, 0.3) is 0 Å². The second kappa shape index (κ2) is 8.46. The van der Waals surface area contributed by atoms with E-state index in [0.717, 1.165) is 16.6 Å². The maximum Gasteiger partial charge on any atom is 0.129 e. The van der Waals surface area contributed by atoms with Crippen LogP contribution in [0, 0.1) is 5.82 Å². The van der Waals surface area contributed by atoms with Crippen molar-refractivity contribution in [2.75, 3.05) is 6.54 Å². The van der Waals surface area contributed by atoms with Crippen molar-refractivity contribution >= 4 is 13.3 Å². The Bertz CT molecular complexity index is 716. The smallest absolute Gasteiger partial charge is 0.129 e. The predicted molar refractivity (Wildman–Crippen MR) is 103 cm³/mol. The lowest BCUT2D eigenvalue weighted by Gasteiger charge is -2.30. The number of benzene rings is 2. The molecule has 1 unspecified atom stereocenters. The van der Waals surface area contributed by atoms with E-state index in [4.69, 9.17) is 7.85 Å². The summed E-state index contributed by atoms with van der Waals surface area (Å²) in [7, 11) is 5.71. The number of hydrogen-bond donors (Lipinski definition) is 2. The summed E-state index contributed by atoms with van der Waals surface area (Å²) >= 11 is 0. The molecule has 2 N–H and O–H groups in total. The molecule has 2 aromatic carbocycles. The first-order chi connectivity index (χ1) is 11.8. The van der Waals surface area contributed by atoms with Crippen molar-refractivity contribution in [2.45, 2.75) is 38.3 Å². The van der Waals surface area contributed by atoms with E-state index in [-0.39, 0.29) is 6.04 Å². The molecule has 0 aromatic heterocycles. The van der Waals surface area contributed by atoms with E-state index in [1.807, 2.05) is 38.1 Å². The molecule has 2 rings (SSSR count). The second-order valence-corrected chi connectivity index (χ2v) is 6.74. The standard InChI is InChI=1S/C21H25BFNO/c1-15(2)14-21(25,19-6-4-5-7-20(19)23)12-13-24-16(3)17-8-10-18(22)11-9-17/h4-11,16,24-25H,1,12-14H2,2-3H3/t16-,21?/m0/s1. The van der Waals surface area contributed by atoms with Gasteiger partial charge in [-0.15, -0.1) is 6.58 Å². The summed E-state index contributed by atoms with van der Waals surface area (Å²) < 4.78 is 14.2. The van der Waals surface area contributed by atoms with Gasteiger partial charge in [-0.3, -0.25) is 0 Å². The van der Waals surface area contributed by atoms with Gasteiger partial charge < -0.3 is 10.4 Å². The Morgan fingerprint density at radius 3 is 2.48 bits per heavy atom. The van der Waals surface area contributed by atoms with E-state index in [1.165, 1.54) is 6.07 Å². The maximum atomic E-state index is 14.2. The fourth-order valence-electron chi connectivity index (χ4n) is 3.05. The lowest BCUT2D eigenvalue weighted by Crippen LogP contribution is -2.33. The molecule has 25 heavy (non-hydrogen) atoms. The molecule has 0 fully saturated rings. The van der Waals surface area contributed by atoms with Crippen molar-refractivity contribution in [1.82, 2.24) is 5.32 Å². The van der Waals surface area contributed by atoms with Crippen LogP contribution in [-0.2, 0) is 5.60 Å². The van der Waals surface area contributed by atoms with E-state index >= 15 is 0 Å². The molecule has 2 nitrogen and oxygen atoms in total. The fraction of sp³-hybridized carbons (Fsp3) is 0.333. The molecule has 4 heteroatoms. The van der Waals surface area contributed by atoms with E-state index in [1.54, 1.807) is 18.2 Å². The first-order valence-electron chi connectivity index (χ1n) is 8.52. The summed E-state index contributed by atoms with van der Waals surface area (Å²) in [6.07, 6.45) is 0.714. The molecule has 0 aliphatic carbocycles. The molecule has 2 aromatic rings. The Morgan fingerprint density at radius 1 is 1.24 bits per heavy atom. The van der Waals surface area contributed by atoms with E-state index in [2.05, 4.69) is 11.9 Å². The van der Waals surface area contributed by atoms with Crippen LogP contribution in [0.5, 0.6) is 0 Å². The summed E-state index contributed by atoms with van der Waals surface area (Å²) in [6.45, 7) is 8.32. The van der Waals surface area contributed by atoms with Crippen molar-refractivity contribution in [3.05, 3.63) is 77.6 Å². The predicted octanol–water partition coefficient (Wildman–Crippen LogP) is 3.51. The average Bonchev–Trinajstić information content (AvgIpc) is 2.55. The fourth-order valence-corrected chi connectivity index (χ4v) is 3.05. The minimum atomic E-state index is -1.27. The largest absolute Gasteiger partial charge is 0.385 e. The third kappa shape index (κ3) is 5.28. The highest BCUT2D eigenvalue weighted by atomic mass is 19.1. The van der Waals surface area contributed by atoms with Gasteiger partial charge in [0, 0.05) is 18.0 Å². The Balaban J connectivity index is 2.06. The summed E-state index contributed by atoms with van der Waals surface area (Å²) in [5.41, 5.74) is 1.71. The average molecular weight is 337 g/mol. The van der Waals surface area contributed by atoms with Crippen LogP contribution in [0.15, 0.2) is 60.7 Å². The monoisotopic (exact) mass is 337 g/mol. The number of rotatable bonds is 8. The van der Waals surface area contributed by atoms with Gasteiger partial charge in [0.1, 0.15) is 13.7 Å². The summed E-state index contributed by atoms with van der Waals surface area (Å²) in [4.78, 5) is 0. The number of aliphatic hydroxyl groups is 1. The summed E-state index contributed by atoms with van der Waals surface area (Å²) in [5.74, 6) is -0.391.